The fourth-order valence-electron chi connectivity index (χ4n) is 1.90. The van der Waals surface area contributed by atoms with Gasteiger partial charge in [0.1, 0.15) is 10.7 Å². The van der Waals surface area contributed by atoms with Crippen molar-refractivity contribution < 1.29 is 9.53 Å². The Bertz CT molecular complexity index is 503. The van der Waals surface area contributed by atoms with Crippen LogP contribution in [0.3, 0.4) is 0 Å². The van der Waals surface area contributed by atoms with E-state index < -0.39 is 0 Å². The van der Waals surface area contributed by atoms with Crippen LogP contribution in [0.1, 0.15) is 25.0 Å². The largest absolute Gasteiger partial charge is 0.496 e. The van der Waals surface area contributed by atoms with Crippen molar-refractivity contribution in [1.82, 2.24) is 4.90 Å². The third-order valence-corrected chi connectivity index (χ3v) is 3.22. The van der Waals surface area contributed by atoms with Gasteiger partial charge in [0.15, 0.2) is 0 Å². The van der Waals surface area contributed by atoms with Gasteiger partial charge in [-0.1, -0.05) is 18.3 Å². The molecule has 0 saturated heterocycles. The van der Waals surface area contributed by atoms with Crippen molar-refractivity contribution in [3.8, 4) is 5.75 Å². The summed E-state index contributed by atoms with van der Waals surface area (Å²) in [7, 11) is 1.57. The first-order valence-electron chi connectivity index (χ1n) is 6.34. The SMILES string of the molecule is COc1ccc(CN(CC(N)=O)C(C)C)cc1C(N)=S. The lowest BCUT2D eigenvalue weighted by atomic mass is 10.1. The first kappa shape index (κ1) is 16.4. The number of amides is 1. The van der Waals surface area contributed by atoms with Crippen LogP contribution in [0, 0.1) is 0 Å². The standard InChI is InChI=1S/C14H21N3O2S/c1-9(2)17(8-13(15)18)7-10-4-5-12(19-3)11(6-10)14(16)20/h4-6,9H,7-8H2,1-3H3,(H2,15,18)(H2,16,20). The first-order valence-corrected chi connectivity index (χ1v) is 6.75. The van der Waals surface area contributed by atoms with Gasteiger partial charge in [0, 0.05) is 12.6 Å². The number of primary amides is 1. The Morgan fingerprint density at radius 3 is 2.50 bits per heavy atom. The maximum atomic E-state index is 11.1. The predicted octanol–water partition coefficient (Wildman–Crippen LogP) is 1.03. The highest BCUT2D eigenvalue weighted by molar-refractivity contribution is 7.80. The molecule has 0 aromatic heterocycles. The normalized spacial score (nSPS) is 10.8. The molecule has 1 aromatic rings. The number of nitrogens with zero attached hydrogens (tertiary/aromatic N) is 1. The summed E-state index contributed by atoms with van der Waals surface area (Å²) in [6, 6.07) is 5.85. The van der Waals surface area contributed by atoms with Crippen LogP contribution in [0.15, 0.2) is 18.2 Å². The third-order valence-electron chi connectivity index (χ3n) is 3.00. The zero-order valence-electron chi connectivity index (χ0n) is 12.1. The summed E-state index contributed by atoms with van der Waals surface area (Å²) in [5.41, 5.74) is 12.7. The molecule has 6 heteroatoms. The number of hydrogen-bond acceptors (Lipinski definition) is 4. The summed E-state index contributed by atoms with van der Waals surface area (Å²) < 4.78 is 5.22. The number of thiocarbonyl (C=S) groups is 1. The molecular weight excluding hydrogens is 274 g/mol. The maximum absolute atomic E-state index is 11.1. The van der Waals surface area contributed by atoms with E-state index in [2.05, 4.69) is 0 Å². The molecule has 0 radical (unpaired) electrons. The van der Waals surface area contributed by atoms with E-state index in [9.17, 15) is 4.79 Å². The summed E-state index contributed by atoms with van der Waals surface area (Å²) in [5.74, 6) is 0.300. The van der Waals surface area contributed by atoms with E-state index >= 15 is 0 Å². The second-order valence-electron chi connectivity index (χ2n) is 4.86. The molecular formula is C14H21N3O2S. The highest BCUT2D eigenvalue weighted by atomic mass is 32.1. The molecule has 20 heavy (non-hydrogen) atoms. The van der Waals surface area contributed by atoms with Crippen LogP contribution < -0.4 is 16.2 Å². The van der Waals surface area contributed by atoms with E-state index in [1.54, 1.807) is 7.11 Å². The second kappa shape index (κ2) is 7.21. The maximum Gasteiger partial charge on any atom is 0.231 e. The van der Waals surface area contributed by atoms with Crippen LogP contribution in [-0.2, 0) is 11.3 Å². The number of rotatable bonds is 7. The molecule has 0 atom stereocenters. The lowest BCUT2D eigenvalue weighted by molar-refractivity contribution is -0.119. The summed E-state index contributed by atoms with van der Waals surface area (Å²) >= 11 is 5.02. The molecule has 0 bridgehead atoms. The highest BCUT2D eigenvalue weighted by Crippen LogP contribution is 2.21. The number of nitrogens with two attached hydrogens (primary N) is 2. The lowest BCUT2D eigenvalue weighted by Crippen LogP contribution is -2.38. The minimum Gasteiger partial charge on any atom is -0.496 e. The van der Waals surface area contributed by atoms with Crippen molar-refractivity contribution in [1.29, 1.82) is 0 Å². The minimum absolute atomic E-state index is 0.206. The number of carbonyl (C=O) groups is 1. The van der Waals surface area contributed by atoms with Crippen LogP contribution in [0.5, 0.6) is 5.75 Å². The number of methoxy groups -OCH3 is 1. The Morgan fingerprint density at radius 2 is 2.05 bits per heavy atom. The van der Waals surface area contributed by atoms with Crippen molar-refractivity contribution >= 4 is 23.1 Å². The van der Waals surface area contributed by atoms with E-state index in [1.807, 2.05) is 36.9 Å². The molecule has 0 fully saturated rings. The van der Waals surface area contributed by atoms with E-state index in [4.69, 9.17) is 28.4 Å². The Hall–Kier alpha value is -1.66. The first-order chi connectivity index (χ1) is 9.35. The number of benzene rings is 1. The molecule has 0 spiro atoms. The van der Waals surface area contributed by atoms with Crippen LogP contribution >= 0.6 is 12.2 Å². The Balaban J connectivity index is 2.98. The van der Waals surface area contributed by atoms with Crippen molar-refractivity contribution in [3.05, 3.63) is 29.3 Å². The molecule has 0 aliphatic rings. The molecule has 0 saturated carbocycles. The molecule has 5 nitrogen and oxygen atoms in total. The fourth-order valence-corrected chi connectivity index (χ4v) is 2.06. The molecule has 110 valence electrons. The average molecular weight is 295 g/mol. The van der Waals surface area contributed by atoms with Gasteiger partial charge in [0.2, 0.25) is 5.91 Å². The molecule has 0 aliphatic carbocycles. The lowest BCUT2D eigenvalue weighted by Gasteiger charge is -2.25. The highest BCUT2D eigenvalue weighted by Gasteiger charge is 2.14. The van der Waals surface area contributed by atoms with Gasteiger partial charge < -0.3 is 16.2 Å². The third kappa shape index (κ3) is 4.47. The monoisotopic (exact) mass is 295 g/mol. The van der Waals surface area contributed by atoms with Crippen LogP contribution in [-0.4, -0.2) is 35.5 Å². The van der Waals surface area contributed by atoms with Gasteiger partial charge in [-0.3, -0.25) is 9.69 Å². The van der Waals surface area contributed by atoms with Gasteiger partial charge in [-0.15, -0.1) is 0 Å². The summed E-state index contributed by atoms with van der Waals surface area (Å²) in [6.45, 7) is 4.84. The summed E-state index contributed by atoms with van der Waals surface area (Å²) in [5, 5.41) is 0. The van der Waals surface area contributed by atoms with Gasteiger partial charge >= 0.3 is 0 Å². The van der Waals surface area contributed by atoms with Crippen LogP contribution in [0.2, 0.25) is 0 Å². The zero-order valence-corrected chi connectivity index (χ0v) is 12.9. The molecule has 1 amide bonds. The number of ether oxygens (including phenoxy) is 1. The van der Waals surface area contributed by atoms with Gasteiger partial charge in [-0.05, 0) is 31.5 Å². The minimum atomic E-state index is -0.346. The van der Waals surface area contributed by atoms with Crippen molar-refractivity contribution in [2.45, 2.75) is 26.4 Å². The topological polar surface area (TPSA) is 81.6 Å². The summed E-state index contributed by atoms with van der Waals surface area (Å²) in [4.78, 5) is 13.4. The Labute approximate surface area is 124 Å². The molecule has 1 aromatic carbocycles. The Kier molecular flexibility index (Phi) is 5.91. The van der Waals surface area contributed by atoms with Gasteiger partial charge in [0.25, 0.3) is 0 Å². The predicted molar refractivity (Wildman–Crippen MR) is 83.6 cm³/mol. The van der Waals surface area contributed by atoms with E-state index in [0.717, 1.165) is 5.56 Å². The van der Waals surface area contributed by atoms with Crippen LogP contribution in [0.4, 0.5) is 0 Å². The van der Waals surface area contributed by atoms with Gasteiger partial charge in [0.05, 0.1) is 19.2 Å². The molecule has 0 aliphatic heterocycles. The van der Waals surface area contributed by atoms with Gasteiger partial charge in [-0.2, -0.15) is 0 Å². The zero-order chi connectivity index (χ0) is 15.3. The van der Waals surface area contributed by atoms with Crippen molar-refractivity contribution in [2.75, 3.05) is 13.7 Å². The average Bonchev–Trinajstić information content (AvgIpc) is 2.37. The second-order valence-corrected chi connectivity index (χ2v) is 5.30. The van der Waals surface area contributed by atoms with Crippen molar-refractivity contribution in [2.24, 2.45) is 11.5 Å². The fraction of sp³-hybridized carbons (Fsp3) is 0.429. The van der Waals surface area contributed by atoms with Crippen LogP contribution in [0.25, 0.3) is 0 Å². The summed E-state index contributed by atoms with van der Waals surface area (Å²) in [6.07, 6.45) is 0. The molecule has 1 rings (SSSR count). The molecule has 4 N–H and O–H groups in total. The van der Waals surface area contributed by atoms with E-state index in [-0.39, 0.29) is 23.5 Å². The van der Waals surface area contributed by atoms with E-state index in [1.165, 1.54) is 0 Å². The van der Waals surface area contributed by atoms with Gasteiger partial charge in [-0.25, -0.2) is 0 Å². The molecule has 0 heterocycles. The molecule has 0 unspecified atom stereocenters. The smallest absolute Gasteiger partial charge is 0.231 e. The quantitative estimate of drug-likeness (QED) is 0.734. The number of hydrogen-bond donors (Lipinski definition) is 2. The Morgan fingerprint density at radius 1 is 1.40 bits per heavy atom. The van der Waals surface area contributed by atoms with Crippen molar-refractivity contribution in [3.63, 3.8) is 0 Å². The van der Waals surface area contributed by atoms with E-state index in [0.29, 0.717) is 17.9 Å². The number of carbonyl (C=O) groups excluding carboxylic acids is 1.